The van der Waals surface area contributed by atoms with E-state index in [9.17, 15) is 13.6 Å². The molecule has 0 aromatic rings. The Hall–Kier alpha value is -0.910. The summed E-state index contributed by atoms with van der Waals surface area (Å²) >= 11 is 0. The van der Waals surface area contributed by atoms with E-state index in [1.807, 2.05) is 5.32 Å². The molecule has 0 heterocycles. The van der Waals surface area contributed by atoms with E-state index in [1.165, 1.54) is 0 Å². The molecule has 15 heavy (non-hydrogen) atoms. The zero-order valence-electron chi connectivity index (χ0n) is 8.43. The fourth-order valence-corrected chi connectivity index (χ4v) is 1.57. The van der Waals surface area contributed by atoms with Crippen LogP contribution in [0.3, 0.4) is 0 Å². The van der Waals surface area contributed by atoms with Crippen LogP contribution in [0.4, 0.5) is 13.6 Å². The molecule has 3 N–H and O–H groups in total. The second-order valence-corrected chi connectivity index (χ2v) is 3.82. The third-order valence-electron chi connectivity index (χ3n) is 2.43. The third kappa shape index (κ3) is 4.42. The maximum absolute atomic E-state index is 12.5. The average molecular weight is 222 g/mol. The summed E-state index contributed by atoms with van der Waals surface area (Å²) in [6, 6.07) is -0.484. The lowest BCUT2D eigenvalue weighted by molar-refractivity contribution is -0.0454. The predicted molar refractivity (Wildman–Crippen MR) is 50.8 cm³/mol. The van der Waals surface area contributed by atoms with Gasteiger partial charge in [0.05, 0.1) is 6.54 Å². The van der Waals surface area contributed by atoms with Gasteiger partial charge in [0.15, 0.2) is 0 Å². The summed E-state index contributed by atoms with van der Waals surface area (Å²) in [6.07, 6.45) is 3.95. The molecule has 0 atom stereocenters. The molecule has 0 aromatic heterocycles. The Morgan fingerprint density at radius 3 is 2.53 bits per heavy atom. The second kappa shape index (κ2) is 5.25. The third-order valence-corrected chi connectivity index (χ3v) is 2.43. The molecule has 0 bridgehead atoms. The fraction of sp³-hybridized carbons (Fsp3) is 0.889. The van der Waals surface area contributed by atoms with Gasteiger partial charge < -0.3 is 15.7 Å². The minimum Gasteiger partial charge on any atom is -0.390 e. The lowest BCUT2D eigenvalue weighted by Crippen LogP contribution is -2.46. The minimum atomic E-state index is -3.24. The number of carbonyl (C=O) groups is 1. The average Bonchev–Trinajstić information content (AvgIpc) is 2.68. The van der Waals surface area contributed by atoms with Gasteiger partial charge in [-0.05, 0) is 12.8 Å². The molecule has 2 amide bonds. The summed E-state index contributed by atoms with van der Waals surface area (Å²) in [6.45, 7) is -2.08. The van der Waals surface area contributed by atoms with Crippen molar-refractivity contribution in [2.75, 3.05) is 13.2 Å². The molecule has 0 saturated heterocycles. The van der Waals surface area contributed by atoms with Crippen LogP contribution in [0.5, 0.6) is 0 Å². The fourth-order valence-electron chi connectivity index (χ4n) is 1.57. The zero-order chi connectivity index (χ0) is 11.3. The molecular weight excluding hydrogens is 206 g/mol. The number of rotatable bonds is 4. The van der Waals surface area contributed by atoms with E-state index in [0.717, 1.165) is 25.7 Å². The van der Waals surface area contributed by atoms with Crippen LogP contribution in [0.2, 0.25) is 0 Å². The highest BCUT2D eigenvalue weighted by molar-refractivity contribution is 5.74. The Bertz CT molecular complexity index is 218. The Balaban J connectivity index is 2.18. The van der Waals surface area contributed by atoms with Crippen LogP contribution >= 0.6 is 0 Å². The van der Waals surface area contributed by atoms with Gasteiger partial charge in [-0.15, -0.1) is 0 Å². The van der Waals surface area contributed by atoms with Gasteiger partial charge in [0.2, 0.25) is 0 Å². The molecule has 0 aromatic carbocycles. The zero-order valence-corrected chi connectivity index (χ0v) is 8.43. The molecule has 0 aliphatic heterocycles. The van der Waals surface area contributed by atoms with Crippen molar-refractivity contribution in [3.8, 4) is 0 Å². The molecule has 4 nitrogen and oxygen atoms in total. The second-order valence-electron chi connectivity index (χ2n) is 3.82. The van der Waals surface area contributed by atoms with Crippen molar-refractivity contribution in [2.24, 2.45) is 0 Å². The number of hydrogen-bond donors (Lipinski definition) is 3. The highest BCUT2D eigenvalue weighted by Gasteiger charge is 2.28. The molecule has 0 spiro atoms. The standard InChI is InChI=1S/C9H16F2N2O2/c10-9(11,6-14)5-12-8(15)13-7-3-1-2-4-7/h7,14H,1-6H2,(H2,12,13,15). The Kier molecular flexibility index (Phi) is 4.26. The van der Waals surface area contributed by atoms with Crippen molar-refractivity contribution in [3.63, 3.8) is 0 Å². The first kappa shape index (κ1) is 12.2. The van der Waals surface area contributed by atoms with E-state index >= 15 is 0 Å². The van der Waals surface area contributed by atoms with Crippen LogP contribution in [-0.2, 0) is 0 Å². The summed E-state index contributed by atoms with van der Waals surface area (Å²) in [5.74, 6) is -3.24. The van der Waals surface area contributed by atoms with E-state index in [-0.39, 0.29) is 6.04 Å². The van der Waals surface area contributed by atoms with Crippen LogP contribution in [-0.4, -0.2) is 36.3 Å². The van der Waals surface area contributed by atoms with Crippen molar-refractivity contribution in [1.82, 2.24) is 10.6 Å². The first-order valence-corrected chi connectivity index (χ1v) is 5.06. The van der Waals surface area contributed by atoms with Crippen molar-refractivity contribution in [3.05, 3.63) is 0 Å². The summed E-state index contributed by atoms with van der Waals surface area (Å²) < 4.78 is 25.1. The molecule has 1 rings (SSSR count). The summed E-state index contributed by atoms with van der Waals surface area (Å²) in [4.78, 5) is 11.1. The Morgan fingerprint density at radius 1 is 1.40 bits per heavy atom. The lowest BCUT2D eigenvalue weighted by Gasteiger charge is -2.16. The van der Waals surface area contributed by atoms with Crippen molar-refractivity contribution in [2.45, 2.75) is 37.6 Å². The number of urea groups is 1. The van der Waals surface area contributed by atoms with Crippen molar-refractivity contribution >= 4 is 6.03 Å². The lowest BCUT2D eigenvalue weighted by atomic mass is 10.2. The van der Waals surface area contributed by atoms with Gasteiger partial charge >= 0.3 is 6.03 Å². The topological polar surface area (TPSA) is 61.4 Å². The monoisotopic (exact) mass is 222 g/mol. The number of hydrogen-bond acceptors (Lipinski definition) is 2. The number of amides is 2. The number of halogens is 2. The van der Waals surface area contributed by atoms with E-state index in [1.54, 1.807) is 0 Å². The number of alkyl halides is 2. The Labute approximate surface area is 87.0 Å². The molecule has 1 aliphatic carbocycles. The van der Waals surface area contributed by atoms with Crippen LogP contribution in [0.1, 0.15) is 25.7 Å². The van der Waals surface area contributed by atoms with Gasteiger partial charge in [-0.3, -0.25) is 0 Å². The van der Waals surface area contributed by atoms with Gasteiger partial charge in [0.1, 0.15) is 6.61 Å². The van der Waals surface area contributed by atoms with Gasteiger partial charge in [0, 0.05) is 6.04 Å². The maximum Gasteiger partial charge on any atom is 0.315 e. The number of carbonyl (C=O) groups excluding carboxylic acids is 1. The first-order valence-electron chi connectivity index (χ1n) is 5.06. The van der Waals surface area contributed by atoms with Gasteiger partial charge in [-0.1, -0.05) is 12.8 Å². The molecule has 1 saturated carbocycles. The summed E-state index contributed by atoms with van der Waals surface area (Å²) in [5.41, 5.74) is 0. The van der Waals surface area contributed by atoms with Crippen LogP contribution in [0.15, 0.2) is 0 Å². The molecule has 88 valence electrons. The molecular formula is C9H16F2N2O2. The predicted octanol–water partition coefficient (Wildman–Crippen LogP) is 0.856. The molecule has 0 radical (unpaired) electrons. The van der Waals surface area contributed by atoms with E-state index in [2.05, 4.69) is 5.32 Å². The van der Waals surface area contributed by atoms with Gasteiger partial charge in [0.25, 0.3) is 5.92 Å². The van der Waals surface area contributed by atoms with Gasteiger partial charge in [-0.2, -0.15) is 0 Å². The SMILES string of the molecule is O=C(NCC(F)(F)CO)NC1CCCC1. The van der Waals surface area contributed by atoms with E-state index < -0.39 is 25.1 Å². The van der Waals surface area contributed by atoms with Crippen LogP contribution < -0.4 is 10.6 Å². The van der Waals surface area contributed by atoms with Crippen molar-refractivity contribution in [1.29, 1.82) is 0 Å². The maximum atomic E-state index is 12.5. The minimum absolute atomic E-state index is 0.104. The number of aliphatic hydroxyl groups excluding tert-OH is 1. The van der Waals surface area contributed by atoms with E-state index in [0.29, 0.717) is 0 Å². The molecule has 0 unspecified atom stereocenters. The highest BCUT2D eigenvalue weighted by atomic mass is 19.3. The summed E-state index contributed by atoms with van der Waals surface area (Å²) in [5, 5.41) is 12.9. The molecule has 6 heteroatoms. The Morgan fingerprint density at radius 2 is 2.00 bits per heavy atom. The molecule has 1 fully saturated rings. The smallest absolute Gasteiger partial charge is 0.315 e. The quantitative estimate of drug-likeness (QED) is 0.660. The van der Waals surface area contributed by atoms with E-state index in [4.69, 9.17) is 5.11 Å². The highest BCUT2D eigenvalue weighted by Crippen LogP contribution is 2.17. The first-order chi connectivity index (χ1) is 7.03. The van der Waals surface area contributed by atoms with Crippen LogP contribution in [0.25, 0.3) is 0 Å². The number of nitrogens with one attached hydrogen (secondary N) is 2. The summed E-state index contributed by atoms with van der Waals surface area (Å²) in [7, 11) is 0. The molecule has 1 aliphatic rings. The van der Waals surface area contributed by atoms with Gasteiger partial charge in [-0.25, -0.2) is 13.6 Å². The van der Waals surface area contributed by atoms with Crippen LogP contribution in [0, 0.1) is 0 Å². The largest absolute Gasteiger partial charge is 0.390 e. The number of aliphatic hydroxyl groups is 1. The van der Waals surface area contributed by atoms with Crippen molar-refractivity contribution < 1.29 is 18.7 Å². The normalized spacial score (nSPS) is 17.8.